The maximum Gasteiger partial charge on any atom is 0.323 e. The summed E-state index contributed by atoms with van der Waals surface area (Å²) in [7, 11) is 2.06. The quantitative estimate of drug-likeness (QED) is 0.494. The van der Waals surface area contributed by atoms with E-state index in [0.717, 1.165) is 51.4 Å². The molecule has 29 heavy (non-hydrogen) atoms. The van der Waals surface area contributed by atoms with Crippen LogP contribution in [0.3, 0.4) is 0 Å². The van der Waals surface area contributed by atoms with Gasteiger partial charge in [-0.05, 0) is 41.0 Å². The Kier molecular flexibility index (Phi) is 4.31. The van der Waals surface area contributed by atoms with E-state index in [1.807, 2.05) is 12.1 Å². The molecule has 9 nitrogen and oxygen atoms in total. The summed E-state index contributed by atoms with van der Waals surface area (Å²) in [5.74, 6) is 0. The number of piperazine rings is 1. The van der Waals surface area contributed by atoms with Gasteiger partial charge in [0.1, 0.15) is 5.69 Å². The molecule has 0 atom stereocenters. The summed E-state index contributed by atoms with van der Waals surface area (Å²) in [5, 5.41) is 19.9. The largest absolute Gasteiger partial charge is 0.365 e. The maximum absolute atomic E-state index is 11.9. The number of nitrogens with zero attached hydrogens (tertiary/aromatic N) is 6. The van der Waals surface area contributed by atoms with Crippen LogP contribution in [0.15, 0.2) is 35.0 Å². The molecule has 0 unspecified atom stereocenters. The fraction of sp³-hybridized carbons (Fsp3) is 0.400. The van der Waals surface area contributed by atoms with Gasteiger partial charge in [0.25, 0.3) is 0 Å². The Morgan fingerprint density at radius 1 is 0.966 bits per heavy atom. The van der Waals surface area contributed by atoms with Gasteiger partial charge in [0, 0.05) is 39.3 Å². The molecule has 9 heteroatoms. The SMILES string of the molecule is CN1CCN(c2cc(N3CCc4ccccc4C3)c3nonc3c2[N+](=O)[O-])CC1. The third-order valence-electron chi connectivity index (χ3n) is 5.97. The minimum atomic E-state index is -0.366. The van der Waals surface area contributed by atoms with Gasteiger partial charge in [-0.15, -0.1) is 0 Å². The summed E-state index contributed by atoms with van der Waals surface area (Å²) >= 11 is 0. The lowest BCUT2D eigenvalue weighted by molar-refractivity contribution is -0.382. The van der Waals surface area contributed by atoms with Gasteiger partial charge in [-0.25, -0.2) is 4.63 Å². The molecular formula is C20H22N6O3. The van der Waals surface area contributed by atoms with E-state index in [1.165, 1.54) is 11.1 Å². The molecule has 150 valence electrons. The molecule has 2 aliphatic rings. The topological polar surface area (TPSA) is 91.8 Å². The molecule has 0 bridgehead atoms. The molecule has 0 saturated carbocycles. The number of likely N-dealkylation sites (N-methyl/N-ethyl adjacent to an activating group) is 1. The van der Waals surface area contributed by atoms with Crippen LogP contribution in [0.4, 0.5) is 17.1 Å². The highest BCUT2D eigenvalue weighted by Crippen LogP contribution is 2.41. The molecular weight excluding hydrogens is 372 g/mol. The number of hydrogen-bond acceptors (Lipinski definition) is 8. The van der Waals surface area contributed by atoms with E-state index >= 15 is 0 Å². The van der Waals surface area contributed by atoms with Gasteiger partial charge in [-0.1, -0.05) is 24.3 Å². The first kappa shape index (κ1) is 17.9. The van der Waals surface area contributed by atoms with Crippen molar-refractivity contribution < 1.29 is 9.55 Å². The Balaban J connectivity index is 1.62. The summed E-state index contributed by atoms with van der Waals surface area (Å²) < 4.78 is 4.96. The molecule has 0 aliphatic carbocycles. The van der Waals surface area contributed by atoms with Gasteiger partial charge in [-0.2, -0.15) is 0 Å². The number of nitro groups is 1. The Labute approximate surface area is 167 Å². The summed E-state index contributed by atoms with van der Waals surface area (Å²) in [6, 6.07) is 10.3. The second-order valence-corrected chi connectivity index (χ2v) is 7.71. The van der Waals surface area contributed by atoms with Crippen LogP contribution in [-0.2, 0) is 13.0 Å². The van der Waals surface area contributed by atoms with Crippen molar-refractivity contribution in [2.45, 2.75) is 13.0 Å². The molecule has 0 spiro atoms. The monoisotopic (exact) mass is 394 g/mol. The van der Waals surface area contributed by atoms with Crippen LogP contribution in [0.25, 0.3) is 11.0 Å². The van der Waals surface area contributed by atoms with Crippen molar-refractivity contribution >= 4 is 28.1 Å². The van der Waals surface area contributed by atoms with E-state index in [2.05, 4.69) is 50.3 Å². The number of anilines is 2. The molecule has 1 fully saturated rings. The summed E-state index contributed by atoms with van der Waals surface area (Å²) in [5.41, 5.74) is 4.71. The minimum Gasteiger partial charge on any atom is -0.365 e. The van der Waals surface area contributed by atoms with Crippen molar-refractivity contribution in [2.24, 2.45) is 0 Å². The first-order valence-corrected chi connectivity index (χ1v) is 9.80. The summed E-state index contributed by atoms with van der Waals surface area (Å²) in [6.07, 6.45) is 0.920. The maximum atomic E-state index is 11.9. The average Bonchev–Trinajstić information content (AvgIpc) is 3.22. The van der Waals surface area contributed by atoms with Gasteiger partial charge in [-0.3, -0.25) is 10.1 Å². The van der Waals surface area contributed by atoms with Crippen LogP contribution in [0.2, 0.25) is 0 Å². The van der Waals surface area contributed by atoms with Gasteiger partial charge in [0.15, 0.2) is 5.52 Å². The zero-order valence-corrected chi connectivity index (χ0v) is 16.2. The van der Waals surface area contributed by atoms with Crippen molar-refractivity contribution in [3.05, 3.63) is 51.6 Å². The third kappa shape index (κ3) is 3.07. The molecule has 2 aliphatic heterocycles. The van der Waals surface area contributed by atoms with Crippen LogP contribution in [0.5, 0.6) is 0 Å². The van der Waals surface area contributed by atoms with E-state index in [1.54, 1.807) is 0 Å². The molecule has 0 N–H and O–H groups in total. The Hall–Kier alpha value is -3.20. The van der Waals surface area contributed by atoms with E-state index in [4.69, 9.17) is 4.63 Å². The predicted molar refractivity (Wildman–Crippen MR) is 109 cm³/mol. The molecule has 3 heterocycles. The molecule has 5 rings (SSSR count). The number of nitro benzene ring substituents is 1. The van der Waals surface area contributed by atoms with Crippen LogP contribution in [-0.4, -0.2) is 59.9 Å². The lowest BCUT2D eigenvalue weighted by atomic mass is 9.99. The van der Waals surface area contributed by atoms with Crippen molar-refractivity contribution in [3.8, 4) is 0 Å². The number of hydrogen-bond donors (Lipinski definition) is 0. The summed E-state index contributed by atoms with van der Waals surface area (Å²) in [6.45, 7) is 4.74. The number of fused-ring (bicyclic) bond motifs is 2. The highest BCUT2D eigenvalue weighted by molar-refractivity contribution is 6.00. The number of aromatic nitrogens is 2. The lowest BCUT2D eigenvalue weighted by Gasteiger charge is -2.35. The zero-order valence-electron chi connectivity index (χ0n) is 16.2. The molecule has 1 aromatic heterocycles. The number of rotatable bonds is 3. The highest BCUT2D eigenvalue weighted by atomic mass is 16.6. The smallest absolute Gasteiger partial charge is 0.323 e. The predicted octanol–water partition coefficient (Wildman–Crippen LogP) is 2.45. The minimum absolute atomic E-state index is 0.0213. The van der Waals surface area contributed by atoms with Gasteiger partial charge < -0.3 is 14.7 Å². The van der Waals surface area contributed by atoms with Crippen LogP contribution in [0, 0.1) is 10.1 Å². The van der Waals surface area contributed by atoms with Crippen LogP contribution < -0.4 is 9.80 Å². The molecule has 0 amide bonds. The third-order valence-corrected chi connectivity index (χ3v) is 5.97. The van der Waals surface area contributed by atoms with Crippen LogP contribution in [0.1, 0.15) is 11.1 Å². The second-order valence-electron chi connectivity index (χ2n) is 7.71. The van der Waals surface area contributed by atoms with Crippen LogP contribution >= 0.6 is 0 Å². The highest BCUT2D eigenvalue weighted by Gasteiger charge is 2.32. The van der Waals surface area contributed by atoms with Crippen molar-refractivity contribution in [1.82, 2.24) is 15.2 Å². The van der Waals surface area contributed by atoms with Crippen molar-refractivity contribution in [3.63, 3.8) is 0 Å². The molecule has 0 radical (unpaired) electrons. The van der Waals surface area contributed by atoms with Crippen molar-refractivity contribution in [2.75, 3.05) is 49.6 Å². The fourth-order valence-corrected chi connectivity index (χ4v) is 4.31. The molecule has 3 aromatic rings. The Morgan fingerprint density at radius 3 is 2.45 bits per heavy atom. The first-order valence-electron chi connectivity index (χ1n) is 9.80. The Bertz CT molecular complexity index is 1070. The van der Waals surface area contributed by atoms with E-state index in [0.29, 0.717) is 11.2 Å². The molecule has 2 aromatic carbocycles. The van der Waals surface area contributed by atoms with Gasteiger partial charge in [0.05, 0.1) is 10.6 Å². The Morgan fingerprint density at radius 2 is 1.69 bits per heavy atom. The second kappa shape index (κ2) is 7.00. The molecule has 1 saturated heterocycles. The van der Waals surface area contributed by atoms with E-state index in [-0.39, 0.29) is 16.1 Å². The lowest BCUT2D eigenvalue weighted by Crippen LogP contribution is -2.44. The normalized spacial score (nSPS) is 17.6. The first-order chi connectivity index (χ1) is 14.1. The van der Waals surface area contributed by atoms with E-state index < -0.39 is 0 Å². The van der Waals surface area contributed by atoms with Crippen molar-refractivity contribution in [1.29, 1.82) is 0 Å². The average molecular weight is 394 g/mol. The summed E-state index contributed by atoms with van der Waals surface area (Å²) in [4.78, 5) is 18.1. The van der Waals surface area contributed by atoms with Gasteiger partial charge >= 0.3 is 5.69 Å². The zero-order chi connectivity index (χ0) is 20.0. The standard InChI is InChI=1S/C20H22N6O3/c1-23-8-10-24(11-9-23)17-12-16(18-19(22-29-21-18)20(17)26(27)28)25-7-6-14-4-2-3-5-15(14)13-25/h2-5,12H,6-11,13H2,1H3. The number of benzene rings is 2. The van der Waals surface area contributed by atoms with E-state index in [9.17, 15) is 10.1 Å². The fourth-order valence-electron chi connectivity index (χ4n) is 4.31. The van der Waals surface area contributed by atoms with Gasteiger partial charge in [0.2, 0.25) is 5.52 Å².